The van der Waals surface area contributed by atoms with Crippen LogP contribution in [0.5, 0.6) is 0 Å². The minimum absolute atomic E-state index is 0.0283. The van der Waals surface area contributed by atoms with Crippen molar-refractivity contribution in [2.75, 3.05) is 105 Å². The van der Waals surface area contributed by atoms with Crippen LogP contribution in [-0.4, -0.2) is 192 Å². The Balaban J connectivity index is 0.000000143. The number of pyridine rings is 4. The number of ether oxygens (including phenoxy) is 4. The summed E-state index contributed by atoms with van der Waals surface area (Å²) >= 11 is 52.2. The zero-order chi connectivity index (χ0) is 90.2. The molecule has 4 amide bonds. The van der Waals surface area contributed by atoms with E-state index in [1.807, 2.05) is 41.3 Å². The zero-order valence-corrected chi connectivity index (χ0v) is 75.3. The lowest BCUT2D eigenvalue weighted by Crippen LogP contribution is -2.40. The van der Waals surface area contributed by atoms with Crippen molar-refractivity contribution >= 4 is 166 Å². The lowest BCUT2D eigenvalue weighted by Gasteiger charge is -2.27. The molecule has 4 aliphatic rings. The first-order valence-electron chi connectivity index (χ1n) is 39.6. The van der Waals surface area contributed by atoms with E-state index in [1.54, 1.807) is 84.1 Å². The first kappa shape index (κ1) is 93.1. The molecule has 4 aliphatic heterocycles. The van der Waals surface area contributed by atoms with Gasteiger partial charge in [-0.15, -0.1) is 6.42 Å². The molecule has 0 saturated carbocycles. The molecule has 4 aromatic carbocycles. The van der Waals surface area contributed by atoms with Gasteiger partial charge in [-0.25, -0.2) is 13.8 Å². The van der Waals surface area contributed by atoms with Crippen LogP contribution in [0, 0.1) is 26.2 Å². The maximum absolute atomic E-state index is 13.9. The van der Waals surface area contributed by atoms with Gasteiger partial charge in [0, 0.05) is 198 Å². The van der Waals surface area contributed by atoms with E-state index in [9.17, 15) is 50.3 Å². The van der Waals surface area contributed by atoms with Crippen molar-refractivity contribution in [1.82, 2.24) is 57.8 Å². The van der Waals surface area contributed by atoms with Gasteiger partial charge >= 0.3 is 0 Å². The summed E-state index contributed by atoms with van der Waals surface area (Å²) in [4.78, 5) is 88.5. The van der Waals surface area contributed by atoms with Gasteiger partial charge in [0.15, 0.2) is 0 Å². The molecule has 12 aromatic rings. The molecule has 35 heteroatoms. The summed E-state index contributed by atoms with van der Waals surface area (Å²) in [6.07, 6.45) is 9.22. The van der Waals surface area contributed by atoms with Crippen LogP contribution in [0.15, 0.2) is 109 Å². The fraction of sp³-hybridized carbons (Fsp3) is 0.344. The smallest absolute Gasteiger partial charge is 0.287 e. The van der Waals surface area contributed by atoms with Crippen molar-refractivity contribution < 1.29 is 69.3 Å². The molecular formula is C90H84Cl8F6N12O9. The lowest BCUT2D eigenvalue weighted by molar-refractivity contribution is 0.0122. The number of hydrogen-bond acceptors (Lipinski definition) is 13. The van der Waals surface area contributed by atoms with Crippen molar-refractivity contribution in [2.45, 2.75) is 71.6 Å². The van der Waals surface area contributed by atoms with Crippen LogP contribution in [-0.2, 0) is 84.2 Å². The standard InChI is InChI=1S/C23H23Cl2F2N3O2.C23H21Cl2N3O2.C22H19Cl2F2N3O3.C22H21Cl2F2N3O2/c1-13-16-10-14(29(3)19(16)12-20(28-13)23(2,26)27)11-17-18(24)5-4-15(21(17)25)22(31)30-6-8-32-9-7-30;1-4-15-11-21-18(14(2)26-15)12-16(27(21)3)13-19-20(24)6-5-17(22(19)25)23(29)28-7-9-30-10-8-28;1-22(25,26)12-9-16-15(27-11-12)10-17(28(16)2)20(30)18-14(23)4-3-13(19(18)24)21(31)29-5-7-32-8-6-29;1-22(25,26)19-11-18-13(12-27-19)9-14(28(18)2)10-16-17(23)4-3-15(20(16)24)21(30)29-5-7-31-8-6-29/h4-5,10,12H,6-9,11H2,1-3H3;1,5-6,11-12H,7-10,13H2,2-3H3;3-4,9-11H,5-8H2,1-2H3;3-4,9,11-12H,5-8,10H2,1-2H3. The monoisotopic (exact) mass is 1870 g/mol. The Morgan fingerprint density at radius 1 is 0.416 bits per heavy atom. The van der Waals surface area contributed by atoms with Crippen LogP contribution >= 0.6 is 92.8 Å². The summed E-state index contributed by atoms with van der Waals surface area (Å²) in [5.41, 5.74) is 10.3. The molecule has 21 nitrogen and oxygen atoms in total. The summed E-state index contributed by atoms with van der Waals surface area (Å²) in [5, 5.41) is 4.97. The van der Waals surface area contributed by atoms with E-state index in [2.05, 4.69) is 36.5 Å². The highest BCUT2D eigenvalue weighted by Gasteiger charge is 2.35. The number of alkyl halides is 6. The molecule has 0 spiro atoms. The molecule has 8 aromatic heterocycles. The van der Waals surface area contributed by atoms with Crippen LogP contribution in [0.25, 0.3) is 43.7 Å². The highest BCUT2D eigenvalue weighted by molar-refractivity contribution is 6.43. The predicted octanol–water partition coefficient (Wildman–Crippen LogP) is 19.3. The number of aryl methyl sites for hydroxylation is 6. The number of carbonyl (C=O) groups is 5. The fourth-order valence-electron chi connectivity index (χ4n) is 15.2. The first-order valence-corrected chi connectivity index (χ1v) is 42.6. The van der Waals surface area contributed by atoms with Gasteiger partial charge in [0.2, 0.25) is 5.78 Å². The number of aromatic nitrogens is 8. The van der Waals surface area contributed by atoms with Crippen LogP contribution in [0.1, 0.15) is 146 Å². The summed E-state index contributed by atoms with van der Waals surface area (Å²) < 4.78 is 111. The van der Waals surface area contributed by atoms with Crippen molar-refractivity contribution in [1.29, 1.82) is 0 Å². The Bertz CT molecular complexity index is 6270. The molecule has 0 radical (unpaired) electrons. The third kappa shape index (κ3) is 20.1. The molecule has 0 N–H and O–H groups in total. The minimum atomic E-state index is -3.07. The Hall–Kier alpha value is -9.51. The van der Waals surface area contributed by atoms with E-state index in [0.29, 0.717) is 216 Å². The number of fused-ring (bicyclic) bond motifs is 4. The van der Waals surface area contributed by atoms with E-state index in [1.165, 1.54) is 47.2 Å². The maximum Gasteiger partial charge on any atom is 0.287 e. The number of nitrogens with zero attached hydrogens (tertiary/aromatic N) is 12. The first-order chi connectivity index (χ1) is 59.2. The number of morpholine rings is 4. The maximum atomic E-state index is 13.9. The Labute approximate surface area is 756 Å². The summed E-state index contributed by atoms with van der Waals surface area (Å²) in [6.45, 7) is 13.9. The Morgan fingerprint density at radius 3 is 1.18 bits per heavy atom. The third-order valence-corrected chi connectivity index (χ3v) is 25.5. The van der Waals surface area contributed by atoms with Gasteiger partial charge in [0.25, 0.3) is 41.4 Å². The number of benzene rings is 4. The normalized spacial score (nSPS) is 14.7. The summed E-state index contributed by atoms with van der Waals surface area (Å²) in [6, 6.07) is 26.3. The molecule has 0 atom stereocenters. The topological polar surface area (TPSA) is 207 Å². The van der Waals surface area contributed by atoms with E-state index >= 15 is 0 Å². The van der Waals surface area contributed by atoms with Gasteiger partial charge in [-0.1, -0.05) is 98.7 Å². The predicted molar refractivity (Wildman–Crippen MR) is 474 cm³/mol. The molecule has 656 valence electrons. The van der Waals surface area contributed by atoms with Crippen LogP contribution in [0.3, 0.4) is 0 Å². The van der Waals surface area contributed by atoms with Crippen LogP contribution in [0.2, 0.25) is 40.2 Å². The fourth-order valence-corrected chi connectivity index (χ4v) is 17.6. The molecule has 4 fully saturated rings. The number of rotatable bonds is 15. The van der Waals surface area contributed by atoms with E-state index < -0.39 is 23.6 Å². The Kier molecular flexibility index (Phi) is 28.8. The highest BCUT2D eigenvalue weighted by atomic mass is 35.5. The van der Waals surface area contributed by atoms with Gasteiger partial charge in [-0.3, -0.25) is 38.9 Å². The van der Waals surface area contributed by atoms with Crippen molar-refractivity contribution in [3.8, 4) is 12.3 Å². The average Bonchev–Trinajstić information content (AvgIpc) is 1.70. The van der Waals surface area contributed by atoms with Gasteiger partial charge in [0.1, 0.15) is 17.1 Å². The number of terminal acetylenes is 1. The summed E-state index contributed by atoms with van der Waals surface area (Å²) in [7, 11) is 7.14. The number of amides is 4. The summed E-state index contributed by atoms with van der Waals surface area (Å²) in [5.74, 6) is -7.83. The van der Waals surface area contributed by atoms with Gasteiger partial charge in [-0.05, 0) is 128 Å². The van der Waals surface area contributed by atoms with E-state index in [0.717, 1.165) is 77.0 Å². The Morgan fingerprint density at radius 2 is 0.784 bits per heavy atom. The SMILES string of the molecule is C#Cc1cc2c(cc(Cc3c(Cl)ccc(C(=O)N4CCOCC4)c3Cl)n2C)c(C)n1.Cc1nc(C(C)(F)F)cc2c1cc(Cc1c(Cl)ccc(C(=O)N3CCOCC3)c1Cl)n2C.Cn1c(C(=O)c2c(Cl)ccc(C(=O)N3CCOCC3)c2Cl)cc2ncc(C(C)(F)F)cc21.Cn1c(Cc2c(Cl)ccc(C(=O)N3CCOCC3)c2Cl)cc2cnc(C(C)(F)F)cc21. The minimum Gasteiger partial charge on any atom is -0.378 e. The number of carbonyl (C=O) groups excluding carboxylic acids is 5. The lowest BCUT2D eigenvalue weighted by atomic mass is 10.0. The zero-order valence-electron chi connectivity index (χ0n) is 69.2. The second kappa shape index (κ2) is 38.6. The van der Waals surface area contributed by atoms with Crippen molar-refractivity contribution in [3.63, 3.8) is 0 Å². The van der Waals surface area contributed by atoms with Crippen molar-refractivity contribution in [2.24, 2.45) is 28.2 Å². The molecular weight excluding hydrogens is 1790 g/mol. The third-order valence-electron chi connectivity index (χ3n) is 22.4. The van der Waals surface area contributed by atoms with Crippen molar-refractivity contribution in [3.05, 3.63) is 251 Å². The number of hydrogen-bond donors (Lipinski definition) is 0. The molecule has 0 aliphatic carbocycles. The number of halogens is 14. The van der Waals surface area contributed by atoms with Gasteiger partial charge < -0.3 is 56.8 Å². The quantitative estimate of drug-likeness (QED) is 0.0532. The second-order valence-electron chi connectivity index (χ2n) is 30.7. The molecule has 0 bridgehead atoms. The van der Waals surface area contributed by atoms with Crippen LogP contribution < -0.4 is 0 Å². The van der Waals surface area contributed by atoms with Gasteiger partial charge in [0.05, 0.1) is 139 Å². The van der Waals surface area contributed by atoms with E-state index in [-0.39, 0.29) is 67.4 Å². The second-order valence-corrected chi connectivity index (χ2v) is 33.9. The molecule has 0 unspecified atom stereocenters. The average molecular weight is 1880 g/mol. The highest BCUT2D eigenvalue weighted by Crippen LogP contribution is 2.41. The van der Waals surface area contributed by atoms with Gasteiger partial charge in [-0.2, -0.15) is 17.6 Å². The number of ketones is 1. The van der Waals surface area contributed by atoms with E-state index in [4.69, 9.17) is 118 Å². The van der Waals surface area contributed by atoms with Crippen LogP contribution in [0.4, 0.5) is 26.3 Å². The largest absolute Gasteiger partial charge is 0.378 e. The molecule has 4 saturated heterocycles. The molecule has 125 heavy (non-hydrogen) atoms. The molecule has 16 rings (SSSR count). The molecule has 12 heterocycles.